The number of rotatable bonds is 8. The molecule has 2 N–H and O–H groups in total. The van der Waals surface area contributed by atoms with Gasteiger partial charge in [-0.3, -0.25) is 14.7 Å². The maximum absolute atomic E-state index is 14.5. The second kappa shape index (κ2) is 11.6. The minimum absolute atomic E-state index is 0.144. The van der Waals surface area contributed by atoms with E-state index in [9.17, 15) is 14.0 Å². The first-order chi connectivity index (χ1) is 18.5. The number of nitrogens with two attached hydrogens (primary N) is 1. The molecule has 196 valence electrons. The van der Waals surface area contributed by atoms with Crippen LogP contribution in [-0.2, 0) is 21.0 Å². The molecule has 1 saturated heterocycles. The van der Waals surface area contributed by atoms with Crippen LogP contribution in [0.4, 0.5) is 10.1 Å². The van der Waals surface area contributed by atoms with Crippen LogP contribution in [0.3, 0.4) is 0 Å². The molecule has 2 aliphatic rings. The Morgan fingerprint density at radius 2 is 1.71 bits per heavy atom. The van der Waals surface area contributed by atoms with Crippen molar-refractivity contribution >= 4 is 23.3 Å². The van der Waals surface area contributed by atoms with E-state index in [1.54, 1.807) is 5.06 Å². The van der Waals surface area contributed by atoms with Crippen molar-refractivity contribution < 1.29 is 18.8 Å². The second-order valence-corrected chi connectivity index (χ2v) is 9.71. The number of carbonyl (C=O) groups excluding carboxylic acids is 2. The number of alkyl halides is 1. The third kappa shape index (κ3) is 5.75. The van der Waals surface area contributed by atoms with E-state index < -0.39 is 30.5 Å². The smallest absolute Gasteiger partial charge is 0.356 e. The van der Waals surface area contributed by atoms with Crippen molar-refractivity contribution in [3.63, 3.8) is 0 Å². The number of hydroxylamine groups is 1. The molecule has 1 fully saturated rings. The highest BCUT2D eigenvalue weighted by Gasteiger charge is 2.35. The van der Waals surface area contributed by atoms with Gasteiger partial charge in [-0.1, -0.05) is 78.9 Å². The van der Waals surface area contributed by atoms with Gasteiger partial charge in [-0.25, -0.2) is 14.2 Å². The topological polar surface area (TPSA) is 88.2 Å². The number of para-hydroxylation sites is 1. The summed E-state index contributed by atoms with van der Waals surface area (Å²) in [6.07, 6.45) is -0.500. The SMILES string of the molecule is NC(=O)C(F)CC1N=C(c2ccccc2)c2ccccc2N(CC2CCCN2Cc2ccccc2)OC1=O. The first kappa shape index (κ1) is 25.6. The molecule has 0 radical (unpaired) electrons. The third-order valence-electron chi connectivity index (χ3n) is 7.08. The number of anilines is 1. The van der Waals surface area contributed by atoms with Gasteiger partial charge in [0.2, 0.25) is 0 Å². The molecule has 2 aliphatic heterocycles. The van der Waals surface area contributed by atoms with Crippen molar-refractivity contribution in [3.8, 4) is 0 Å². The number of carbonyl (C=O) groups is 2. The Kier molecular flexibility index (Phi) is 7.79. The van der Waals surface area contributed by atoms with Crippen molar-refractivity contribution in [3.05, 3.63) is 102 Å². The largest absolute Gasteiger partial charge is 0.367 e. The van der Waals surface area contributed by atoms with Crippen LogP contribution in [0, 0.1) is 0 Å². The number of hydrogen-bond acceptors (Lipinski definition) is 6. The van der Waals surface area contributed by atoms with Gasteiger partial charge in [0, 0.05) is 30.1 Å². The van der Waals surface area contributed by atoms with Crippen molar-refractivity contribution in [1.29, 1.82) is 0 Å². The third-order valence-corrected chi connectivity index (χ3v) is 7.08. The van der Waals surface area contributed by atoms with Crippen molar-refractivity contribution in [1.82, 2.24) is 4.90 Å². The van der Waals surface area contributed by atoms with Gasteiger partial charge in [0.15, 0.2) is 12.2 Å². The number of aliphatic imine (C=N–C) groups is 1. The van der Waals surface area contributed by atoms with Crippen LogP contribution >= 0.6 is 0 Å². The fourth-order valence-electron chi connectivity index (χ4n) is 5.13. The normalized spacial score (nSPS) is 20.6. The Morgan fingerprint density at radius 3 is 2.45 bits per heavy atom. The van der Waals surface area contributed by atoms with Crippen LogP contribution in [0.15, 0.2) is 89.9 Å². The van der Waals surface area contributed by atoms with E-state index in [2.05, 4.69) is 22.0 Å². The van der Waals surface area contributed by atoms with Crippen LogP contribution in [0.2, 0.25) is 0 Å². The van der Waals surface area contributed by atoms with E-state index in [0.717, 1.165) is 37.1 Å². The maximum atomic E-state index is 14.5. The van der Waals surface area contributed by atoms with Gasteiger partial charge in [0.05, 0.1) is 17.9 Å². The highest BCUT2D eigenvalue weighted by molar-refractivity contribution is 6.17. The van der Waals surface area contributed by atoms with Gasteiger partial charge in [-0.05, 0) is 31.0 Å². The first-order valence-electron chi connectivity index (χ1n) is 12.9. The lowest BCUT2D eigenvalue weighted by atomic mass is 9.98. The summed E-state index contributed by atoms with van der Waals surface area (Å²) >= 11 is 0. The molecule has 0 aromatic heterocycles. The van der Waals surface area contributed by atoms with Crippen molar-refractivity contribution in [2.75, 3.05) is 18.2 Å². The molecule has 3 aromatic rings. The van der Waals surface area contributed by atoms with E-state index in [0.29, 0.717) is 17.9 Å². The standard InChI is InChI=1S/C30H31FN4O3/c31-25(29(32)36)18-26-30(37)38-35(20-23-14-9-17-34(23)19-21-10-3-1-4-11-21)27-16-8-7-15-24(27)28(33-26)22-12-5-2-6-13-22/h1-8,10-13,15-16,23,25-26H,9,14,17-20H2,(H2,32,36). The number of benzene rings is 3. The molecule has 0 spiro atoms. The molecule has 1 amide bonds. The summed E-state index contributed by atoms with van der Waals surface area (Å²) in [6.45, 7) is 2.19. The number of nitrogens with zero attached hydrogens (tertiary/aromatic N) is 3. The van der Waals surface area contributed by atoms with Crippen LogP contribution in [0.5, 0.6) is 0 Å². The van der Waals surface area contributed by atoms with Crippen LogP contribution in [-0.4, -0.2) is 53.8 Å². The van der Waals surface area contributed by atoms with E-state index in [1.807, 2.05) is 72.8 Å². The average molecular weight is 515 g/mol. The van der Waals surface area contributed by atoms with Crippen molar-refractivity contribution in [2.45, 2.75) is 44.1 Å². The monoisotopic (exact) mass is 514 g/mol. The predicted molar refractivity (Wildman–Crippen MR) is 144 cm³/mol. The molecular formula is C30H31FN4O3. The van der Waals surface area contributed by atoms with Crippen LogP contribution in [0.1, 0.15) is 36.0 Å². The first-order valence-corrected chi connectivity index (χ1v) is 12.9. The van der Waals surface area contributed by atoms with E-state index in [4.69, 9.17) is 10.6 Å². The molecule has 0 saturated carbocycles. The number of amides is 1. The van der Waals surface area contributed by atoms with Gasteiger partial charge < -0.3 is 10.6 Å². The minimum atomic E-state index is -2.02. The molecule has 3 unspecified atom stereocenters. The van der Waals surface area contributed by atoms with Crippen LogP contribution < -0.4 is 10.8 Å². The molecule has 2 heterocycles. The molecule has 5 rings (SSSR count). The molecule has 3 atom stereocenters. The molecular weight excluding hydrogens is 483 g/mol. The molecule has 3 aromatic carbocycles. The lowest BCUT2D eigenvalue weighted by molar-refractivity contribution is -0.147. The van der Waals surface area contributed by atoms with Gasteiger partial charge >= 0.3 is 5.97 Å². The maximum Gasteiger partial charge on any atom is 0.356 e. The molecule has 8 heteroatoms. The van der Waals surface area contributed by atoms with E-state index >= 15 is 0 Å². The lowest BCUT2D eigenvalue weighted by Crippen LogP contribution is -2.44. The van der Waals surface area contributed by atoms with Crippen molar-refractivity contribution in [2.24, 2.45) is 10.7 Å². The van der Waals surface area contributed by atoms with Gasteiger partial charge in [-0.2, -0.15) is 0 Å². The molecule has 0 aliphatic carbocycles. The molecule has 7 nitrogen and oxygen atoms in total. The summed E-state index contributed by atoms with van der Waals surface area (Å²) in [7, 11) is 0. The van der Waals surface area contributed by atoms with Gasteiger partial charge in [0.25, 0.3) is 5.91 Å². The Labute approximate surface area is 221 Å². The summed E-state index contributed by atoms with van der Waals surface area (Å²) in [5.41, 5.74) is 9.19. The fraction of sp³-hybridized carbons (Fsp3) is 0.300. The Balaban J connectivity index is 1.51. The average Bonchev–Trinajstić information content (AvgIpc) is 3.37. The minimum Gasteiger partial charge on any atom is -0.367 e. The highest BCUT2D eigenvalue weighted by atomic mass is 19.1. The number of fused-ring (bicyclic) bond motifs is 1. The number of halogens is 1. The molecule has 38 heavy (non-hydrogen) atoms. The van der Waals surface area contributed by atoms with Gasteiger partial charge in [-0.15, -0.1) is 0 Å². The summed E-state index contributed by atoms with van der Waals surface area (Å²) in [5, 5.41) is 1.62. The van der Waals surface area contributed by atoms with Crippen LogP contribution in [0.25, 0.3) is 0 Å². The summed E-state index contributed by atoms with van der Waals surface area (Å²) < 4.78 is 14.5. The Bertz CT molecular complexity index is 1300. The Morgan fingerprint density at radius 1 is 1.03 bits per heavy atom. The van der Waals surface area contributed by atoms with E-state index in [-0.39, 0.29) is 6.04 Å². The number of hydrogen-bond donors (Lipinski definition) is 1. The van der Waals surface area contributed by atoms with Gasteiger partial charge in [0.1, 0.15) is 0 Å². The molecule has 0 bridgehead atoms. The summed E-state index contributed by atoms with van der Waals surface area (Å²) in [5.74, 6) is -1.85. The zero-order chi connectivity index (χ0) is 26.5. The zero-order valence-electron chi connectivity index (χ0n) is 21.1. The predicted octanol–water partition coefficient (Wildman–Crippen LogP) is 4.05. The quantitative estimate of drug-likeness (QED) is 0.490. The Hall–Kier alpha value is -4.04. The lowest BCUT2D eigenvalue weighted by Gasteiger charge is -2.34. The van der Waals surface area contributed by atoms with E-state index in [1.165, 1.54) is 5.56 Å². The summed E-state index contributed by atoms with van der Waals surface area (Å²) in [6, 6.07) is 26.3. The summed E-state index contributed by atoms with van der Waals surface area (Å²) in [4.78, 5) is 37.8. The second-order valence-electron chi connectivity index (χ2n) is 9.71. The zero-order valence-corrected chi connectivity index (χ0v) is 21.1. The number of likely N-dealkylation sites (tertiary alicyclic amines) is 1. The highest BCUT2D eigenvalue weighted by Crippen LogP contribution is 2.30. The fourth-order valence-corrected chi connectivity index (χ4v) is 5.13. The number of primary amides is 1.